The van der Waals surface area contributed by atoms with E-state index in [4.69, 9.17) is 9.47 Å². The van der Waals surface area contributed by atoms with Crippen molar-refractivity contribution in [3.05, 3.63) is 45.6 Å². The van der Waals surface area contributed by atoms with Crippen molar-refractivity contribution in [1.82, 2.24) is 4.90 Å². The van der Waals surface area contributed by atoms with E-state index in [1.54, 1.807) is 14.2 Å². The molecule has 0 aliphatic heterocycles. The van der Waals surface area contributed by atoms with E-state index in [1.165, 1.54) is 22.5 Å². The van der Waals surface area contributed by atoms with E-state index >= 15 is 0 Å². The van der Waals surface area contributed by atoms with E-state index in [0.717, 1.165) is 42.2 Å². The average molecular weight is 345 g/mol. The zero-order chi connectivity index (χ0) is 17.1. The van der Waals surface area contributed by atoms with E-state index in [1.807, 2.05) is 34.5 Å². The minimum atomic E-state index is 0.142. The van der Waals surface area contributed by atoms with Crippen molar-refractivity contribution in [3.8, 4) is 11.5 Å². The molecule has 24 heavy (non-hydrogen) atoms. The largest absolute Gasteiger partial charge is 0.493 e. The SMILES string of the molecule is CCCN(C(=O)c1cccs1)C1Cc2cc(OC)c(OC)cc2C1. The molecule has 0 unspecified atom stereocenters. The van der Waals surface area contributed by atoms with Gasteiger partial charge in [-0.05, 0) is 54.0 Å². The van der Waals surface area contributed by atoms with Crippen LogP contribution in [-0.4, -0.2) is 37.6 Å². The predicted molar refractivity (Wildman–Crippen MR) is 96.4 cm³/mol. The van der Waals surface area contributed by atoms with Crippen LogP contribution < -0.4 is 9.47 Å². The zero-order valence-corrected chi connectivity index (χ0v) is 15.2. The van der Waals surface area contributed by atoms with Crippen LogP contribution in [0.15, 0.2) is 29.6 Å². The number of hydrogen-bond acceptors (Lipinski definition) is 4. The zero-order valence-electron chi connectivity index (χ0n) is 14.4. The van der Waals surface area contributed by atoms with Gasteiger partial charge in [0, 0.05) is 12.6 Å². The van der Waals surface area contributed by atoms with Crippen LogP contribution in [0.4, 0.5) is 0 Å². The third-order valence-corrected chi connectivity index (χ3v) is 5.37. The number of thiophene rings is 1. The van der Waals surface area contributed by atoms with Crippen molar-refractivity contribution in [3.63, 3.8) is 0 Å². The maximum absolute atomic E-state index is 12.9. The van der Waals surface area contributed by atoms with E-state index in [-0.39, 0.29) is 11.9 Å². The summed E-state index contributed by atoms with van der Waals surface area (Å²) in [4.78, 5) is 15.7. The van der Waals surface area contributed by atoms with Gasteiger partial charge in [0.1, 0.15) is 0 Å². The second kappa shape index (κ2) is 7.26. The van der Waals surface area contributed by atoms with E-state index in [0.29, 0.717) is 0 Å². The Labute approximate surface area is 147 Å². The van der Waals surface area contributed by atoms with E-state index in [9.17, 15) is 4.79 Å². The number of rotatable bonds is 6. The van der Waals surface area contributed by atoms with Crippen LogP contribution in [0.3, 0.4) is 0 Å². The van der Waals surface area contributed by atoms with Gasteiger partial charge in [0.2, 0.25) is 0 Å². The molecular formula is C19H23NO3S. The molecule has 0 saturated heterocycles. The molecule has 4 nitrogen and oxygen atoms in total. The third kappa shape index (κ3) is 3.13. The molecule has 1 aliphatic carbocycles. The molecule has 1 aliphatic rings. The Hall–Kier alpha value is -2.01. The second-order valence-electron chi connectivity index (χ2n) is 6.01. The molecule has 5 heteroatoms. The van der Waals surface area contributed by atoms with Crippen LogP contribution in [0.5, 0.6) is 11.5 Å². The Bertz CT molecular complexity index is 679. The fourth-order valence-electron chi connectivity index (χ4n) is 3.38. The van der Waals surface area contributed by atoms with Gasteiger partial charge in [0.25, 0.3) is 5.91 Å². The summed E-state index contributed by atoms with van der Waals surface area (Å²) in [5, 5.41) is 1.95. The van der Waals surface area contributed by atoms with Crippen molar-refractivity contribution < 1.29 is 14.3 Å². The smallest absolute Gasteiger partial charge is 0.264 e. The van der Waals surface area contributed by atoms with Gasteiger partial charge >= 0.3 is 0 Å². The number of carbonyl (C=O) groups excluding carboxylic acids is 1. The van der Waals surface area contributed by atoms with Gasteiger partial charge in [0.15, 0.2) is 11.5 Å². The van der Waals surface area contributed by atoms with Gasteiger partial charge in [-0.2, -0.15) is 0 Å². The van der Waals surface area contributed by atoms with Crippen molar-refractivity contribution in [2.24, 2.45) is 0 Å². The minimum absolute atomic E-state index is 0.142. The number of amides is 1. The summed E-state index contributed by atoms with van der Waals surface area (Å²) in [6.45, 7) is 2.90. The van der Waals surface area contributed by atoms with Crippen LogP contribution >= 0.6 is 11.3 Å². The Morgan fingerprint density at radius 3 is 2.29 bits per heavy atom. The lowest BCUT2D eigenvalue weighted by Gasteiger charge is -2.28. The Balaban J connectivity index is 1.85. The van der Waals surface area contributed by atoms with Gasteiger partial charge in [-0.3, -0.25) is 4.79 Å². The molecule has 128 valence electrons. The first-order valence-corrected chi connectivity index (χ1v) is 9.14. The van der Waals surface area contributed by atoms with E-state index in [2.05, 4.69) is 6.92 Å². The molecule has 2 aromatic rings. The van der Waals surface area contributed by atoms with Crippen molar-refractivity contribution in [2.75, 3.05) is 20.8 Å². The molecule has 1 aromatic heterocycles. The fourth-order valence-corrected chi connectivity index (χ4v) is 4.06. The molecule has 0 bridgehead atoms. The van der Waals surface area contributed by atoms with Crippen LogP contribution in [0.25, 0.3) is 0 Å². The summed E-state index contributed by atoms with van der Waals surface area (Å²) in [7, 11) is 3.31. The topological polar surface area (TPSA) is 38.8 Å². The standard InChI is InChI=1S/C19H23NO3S/c1-4-7-20(19(21)18-6-5-8-24-18)15-9-13-11-16(22-2)17(23-3)12-14(13)10-15/h5-6,8,11-12,15H,4,7,9-10H2,1-3H3. The first kappa shape index (κ1) is 16.8. The number of methoxy groups -OCH3 is 2. The predicted octanol–water partition coefficient (Wildman–Crippen LogP) is 3.78. The molecule has 1 aromatic carbocycles. The maximum atomic E-state index is 12.9. The second-order valence-corrected chi connectivity index (χ2v) is 6.96. The van der Waals surface area contributed by atoms with Gasteiger partial charge in [0.05, 0.1) is 19.1 Å². The average Bonchev–Trinajstić information content (AvgIpc) is 3.26. The summed E-state index contributed by atoms with van der Waals surface area (Å²) >= 11 is 1.51. The summed E-state index contributed by atoms with van der Waals surface area (Å²) in [5.41, 5.74) is 2.50. The summed E-state index contributed by atoms with van der Waals surface area (Å²) < 4.78 is 10.8. The van der Waals surface area contributed by atoms with Gasteiger partial charge in [-0.15, -0.1) is 11.3 Å². The van der Waals surface area contributed by atoms with Crippen molar-refractivity contribution in [1.29, 1.82) is 0 Å². The highest BCUT2D eigenvalue weighted by Crippen LogP contribution is 2.36. The quantitative estimate of drug-likeness (QED) is 0.800. The van der Waals surface area contributed by atoms with Crippen LogP contribution in [0, 0.1) is 0 Å². The highest BCUT2D eigenvalue weighted by Gasteiger charge is 2.31. The molecule has 0 saturated carbocycles. The summed E-state index contributed by atoms with van der Waals surface area (Å²) in [6.07, 6.45) is 2.69. The molecule has 0 fully saturated rings. The summed E-state index contributed by atoms with van der Waals surface area (Å²) in [6, 6.07) is 8.14. The third-order valence-electron chi connectivity index (χ3n) is 4.51. The first-order chi connectivity index (χ1) is 11.7. The molecule has 0 N–H and O–H groups in total. The van der Waals surface area contributed by atoms with E-state index < -0.39 is 0 Å². The number of carbonyl (C=O) groups is 1. The van der Waals surface area contributed by atoms with Crippen molar-refractivity contribution >= 4 is 17.2 Å². The van der Waals surface area contributed by atoms with Gasteiger partial charge in [-0.1, -0.05) is 13.0 Å². The molecule has 1 heterocycles. The Morgan fingerprint density at radius 2 is 1.83 bits per heavy atom. The Kier molecular flexibility index (Phi) is 5.09. The molecule has 3 rings (SSSR count). The monoisotopic (exact) mass is 345 g/mol. The highest BCUT2D eigenvalue weighted by molar-refractivity contribution is 7.12. The number of hydrogen-bond donors (Lipinski definition) is 0. The number of benzene rings is 1. The number of fused-ring (bicyclic) bond motifs is 1. The molecule has 0 atom stereocenters. The van der Waals surface area contributed by atoms with Crippen LogP contribution in [-0.2, 0) is 12.8 Å². The van der Waals surface area contributed by atoms with Crippen LogP contribution in [0.2, 0.25) is 0 Å². The fraction of sp³-hybridized carbons (Fsp3) is 0.421. The lowest BCUT2D eigenvalue weighted by molar-refractivity contribution is 0.0690. The molecule has 0 radical (unpaired) electrons. The van der Waals surface area contributed by atoms with Gasteiger partial charge < -0.3 is 14.4 Å². The summed E-state index contributed by atoms with van der Waals surface area (Å²) in [5.74, 6) is 1.65. The lowest BCUT2D eigenvalue weighted by atomic mass is 10.1. The first-order valence-electron chi connectivity index (χ1n) is 8.26. The Morgan fingerprint density at radius 1 is 1.21 bits per heavy atom. The highest BCUT2D eigenvalue weighted by atomic mass is 32.1. The molecule has 1 amide bonds. The number of nitrogens with zero attached hydrogens (tertiary/aromatic N) is 1. The molecular weight excluding hydrogens is 322 g/mol. The normalized spacial score (nSPS) is 13.6. The maximum Gasteiger partial charge on any atom is 0.264 e. The van der Waals surface area contributed by atoms with Gasteiger partial charge in [-0.25, -0.2) is 0 Å². The lowest BCUT2D eigenvalue weighted by Crippen LogP contribution is -2.41. The molecule has 0 spiro atoms. The minimum Gasteiger partial charge on any atom is -0.493 e. The van der Waals surface area contributed by atoms with Crippen LogP contribution in [0.1, 0.15) is 34.1 Å². The number of ether oxygens (including phenoxy) is 2. The van der Waals surface area contributed by atoms with Crippen molar-refractivity contribution in [2.45, 2.75) is 32.2 Å².